The summed E-state index contributed by atoms with van der Waals surface area (Å²) in [6.45, 7) is 5.15. The lowest BCUT2D eigenvalue weighted by atomic mass is 10.1. The van der Waals surface area contributed by atoms with Crippen molar-refractivity contribution in [1.82, 2.24) is 10.6 Å². The Bertz CT molecular complexity index is 225. The van der Waals surface area contributed by atoms with E-state index in [0.29, 0.717) is 6.42 Å². The van der Waals surface area contributed by atoms with E-state index in [0.717, 1.165) is 0 Å². The highest BCUT2D eigenvalue weighted by Gasteiger charge is 2.29. The summed E-state index contributed by atoms with van der Waals surface area (Å²) < 4.78 is 0. The van der Waals surface area contributed by atoms with Crippen LogP contribution in [0.5, 0.6) is 0 Å². The second kappa shape index (κ2) is 3.38. The van der Waals surface area contributed by atoms with Crippen LogP contribution in [-0.4, -0.2) is 23.9 Å². The van der Waals surface area contributed by atoms with Gasteiger partial charge in [0, 0.05) is 0 Å². The molecule has 0 aromatic rings. The third-order valence-corrected chi connectivity index (χ3v) is 1.79. The van der Waals surface area contributed by atoms with E-state index in [1.807, 2.05) is 0 Å². The van der Waals surface area contributed by atoms with Gasteiger partial charge in [-0.3, -0.25) is 9.59 Å². The number of amides is 2. The van der Waals surface area contributed by atoms with Gasteiger partial charge in [-0.25, -0.2) is 0 Å². The molecule has 2 amide bonds. The molecule has 1 aliphatic heterocycles. The SMILES string of the molecule is C=CC[C@@H]1NC(=O)[C@H](C)NC1=O. The normalized spacial score (nSPS) is 29.1. The van der Waals surface area contributed by atoms with Crippen LogP contribution in [0.4, 0.5) is 0 Å². The topological polar surface area (TPSA) is 58.2 Å². The van der Waals surface area contributed by atoms with Gasteiger partial charge in [-0.2, -0.15) is 0 Å². The number of piperazine rings is 1. The molecule has 0 unspecified atom stereocenters. The molecule has 0 aliphatic carbocycles. The summed E-state index contributed by atoms with van der Waals surface area (Å²) in [4.78, 5) is 22.2. The van der Waals surface area contributed by atoms with Gasteiger partial charge in [-0.1, -0.05) is 6.08 Å². The molecule has 2 atom stereocenters. The van der Waals surface area contributed by atoms with Crippen molar-refractivity contribution in [2.45, 2.75) is 25.4 Å². The van der Waals surface area contributed by atoms with Crippen LogP contribution >= 0.6 is 0 Å². The average Bonchev–Trinajstić information content (AvgIpc) is 2.01. The fraction of sp³-hybridized carbons (Fsp3) is 0.500. The fourth-order valence-electron chi connectivity index (χ4n) is 1.07. The number of carbonyl (C=O) groups is 2. The van der Waals surface area contributed by atoms with Gasteiger partial charge in [0.25, 0.3) is 0 Å². The molecule has 66 valence electrons. The zero-order chi connectivity index (χ0) is 9.14. The zero-order valence-electron chi connectivity index (χ0n) is 6.96. The minimum absolute atomic E-state index is 0.137. The first-order valence-electron chi connectivity index (χ1n) is 3.87. The lowest BCUT2D eigenvalue weighted by Gasteiger charge is -2.26. The molecule has 12 heavy (non-hydrogen) atoms. The van der Waals surface area contributed by atoms with Crippen molar-refractivity contribution >= 4 is 11.8 Å². The second-order valence-corrected chi connectivity index (χ2v) is 2.82. The minimum atomic E-state index is -0.439. The van der Waals surface area contributed by atoms with Crippen LogP contribution in [0.25, 0.3) is 0 Å². The van der Waals surface area contributed by atoms with Gasteiger partial charge in [0.1, 0.15) is 12.1 Å². The summed E-state index contributed by atoms with van der Waals surface area (Å²) in [5.74, 6) is -0.275. The van der Waals surface area contributed by atoms with Gasteiger partial charge in [-0.05, 0) is 13.3 Å². The minimum Gasteiger partial charge on any atom is -0.343 e. The molecule has 0 saturated carbocycles. The molecule has 4 nitrogen and oxygen atoms in total. The predicted molar refractivity (Wildman–Crippen MR) is 44.3 cm³/mol. The maximum Gasteiger partial charge on any atom is 0.243 e. The molecule has 1 rings (SSSR count). The van der Waals surface area contributed by atoms with Crippen LogP contribution in [0, 0.1) is 0 Å². The maximum absolute atomic E-state index is 11.2. The van der Waals surface area contributed by atoms with Crippen LogP contribution in [0.2, 0.25) is 0 Å². The summed E-state index contributed by atoms with van der Waals surface area (Å²) in [6, 6.07) is -0.857. The van der Waals surface area contributed by atoms with Crippen molar-refractivity contribution in [3.8, 4) is 0 Å². The summed E-state index contributed by atoms with van der Waals surface area (Å²) in [5, 5.41) is 5.16. The summed E-state index contributed by atoms with van der Waals surface area (Å²) in [6.07, 6.45) is 2.09. The van der Waals surface area contributed by atoms with Crippen LogP contribution < -0.4 is 10.6 Å². The van der Waals surface area contributed by atoms with Crippen molar-refractivity contribution < 1.29 is 9.59 Å². The van der Waals surface area contributed by atoms with Gasteiger partial charge in [0.05, 0.1) is 0 Å². The Morgan fingerprint density at radius 3 is 2.67 bits per heavy atom. The van der Waals surface area contributed by atoms with Crippen molar-refractivity contribution in [3.05, 3.63) is 12.7 Å². The molecule has 0 aromatic carbocycles. The van der Waals surface area contributed by atoms with E-state index in [1.165, 1.54) is 0 Å². The van der Waals surface area contributed by atoms with Gasteiger partial charge in [-0.15, -0.1) is 6.58 Å². The number of nitrogens with one attached hydrogen (secondary N) is 2. The number of rotatable bonds is 2. The summed E-state index contributed by atoms with van der Waals surface area (Å²) in [5.41, 5.74) is 0. The molecule has 1 fully saturated rings. The average molecular weight is 168 g/mol. The van der Waals surface area contributed by atoms with Crippen LogP contribution in [0.15, 0.2) is 12.7 Å². The van der Waals surface area contributed by atoms with E-state index in [1.54, 1.807) is 13.0 Å². The Hall–Kier alpha value is -1.32. The molecule has 1 aliphatic rings. The molecule has 0 aromatic heterocycles. The largest absolute Gasteiger partial charge is 0.343 e. The highest BCUT2D eigenvalue weighted by molar-refractivity contribution is 5.96. The molecule has 0 spiro atoms. The van der Waals surface area contributed by atoms with Crippen LogP contribution in [0.1, 0.15) is 13.3 Å². The Labute approximate surface area is 71.0 Å². The molecular weight excluding hydrogens is 156 g/mol. The predicted octanol–water partition coefficient (Wildman–Crippen LogP) is -0.434. The Balaban J connectivity index is 2.61. The first-order chi connectivity index (χ1) is 5.65. The second-order valence-electron chi connectivity index (χ2n) is 2.82. The van der Waals surface area contributed by atoms with Crippen molar-refractivity contribution in [1.29, 1.82) is 0 Å². The monoisotopic (exact) mass is 168 g/mol. The lowest BCUT2D eigenvalue weighted by molar-refractivity contribution is -0.136. The first-order valence-corrected chi connectivity index (χ1v) is 3.87. The smallest absolute Gasteiger partial charge is 0.243 e. The molecule has 1 saturated heterocycles. The first kappa shape index (κ1) is 8.77. The van der Waals surface area contributed by atoms with E-state index in [2.05, 4.69) is 17.2 Å². The van der Waals surface area contributed by atoms with Gasteiger partial charge < -0.3 is 10.6 Å². The highest BCUT2D eigenvalue weighted by atomic mass is 16.2. The van der Waals surface area contributed by atoms with Crippen molar-refractivity contribution in [2.75, 3.05) is 0 Å². The van der Waals surface area contributed by atoms with Gasteiger partial charge >= 0.3 is 0 Å². The van der Waals surface area contributed by atoms with E-state index >= 15 is 0 Å². The quantitative estimate of drug-likeness (QED) is 0.549. The summed E-state index contributed by atoms with van der Waals surface area (Å²) >= 11 is 0. The van der Waals surface area contributed by atoms with Crippen LogP contribution in [0.3, 0.4) is 0 Å². The van der Waals surface area contributed by atoms with E-state index in [4.69, 9.17) is 0 Å². The van der Waals surface area contributed by atoms with E-state index in [9.17, 15) is 9.59 Å². The lowest BCUT2D eigenvalue weighted by Crippen LogP contribution is -2.60. The fourth-order valence-corrected chi connectivity index (χ4v) is 1.07. The maximum atomic E-state index is 11.2. The standard InChI is InChI=1S/C8H12N2O2/c1-3-4-6-8(12)9-5(2)7(11)10-6/h3,5-6H,1,4H2,2H3,(H,9,12)(H,10,11)/t5-,6-/m0/s1. The molecule has 4 heteroatoms. The molecular formula is C8H12N2O2. The molecule has 0 bridgehead atoms. The van der Waals surface area contributed by atoms with Crippen molar-refractivity contribution in [3.63, 3.8) is 0 Å². The van der Waals surface area contributed by atoms with Gasteiger partial charge in [0.2, 0.25) is 11.8 Å². The summed E-state index contributed by atoms with van der Waals surface area (Å²) in [7, 11) is 0. The third kappa shape index (κ3) is 1.64. The zero-order valence-corrected chi connectivity index (χ0v) is 6.96. The molecule has 2 N–H and O–H groups in total. The van der Waals surface area contributed by atoms with Crippen molar-refractivity contribution in [2.24, 2.45) is 0 Å². The Morgan fingerprint density at radius 1 is 1.42 bits per heavy atom. The highest BCUT2D eigenvalue weighted by Crippen LogP contribution is 2.00. The number of carbonyl (C=O) groups excluding carboxylic acids is 2. The van der Waals surface area contributed by atoms with E-state index in [-0.39, 0.29) is 11.8 Å². The Morgan fingerprint density at radius 2 is 2.08 bits per heavy atom. The van der Waals surface area contributed by atoms with Crippen LogP contribution in [-0.2, 0) is 9.59 Å². The van der Waals surface area contributed by atoms with E-state index < -0.39 is 12.1 Å². The van der Waals surface area contributed by atoms with Gasteiger partial charge in [0.15, 0.2) is 0 Å². The number of hydrogen-bond donors (Lipinski definition) is 2. The Kier molecular flexibility index (Phi) is 2.47. The third-order valence-electron chi connectivity index (χ3n) is 1.79. The molecule has 1 heterocycles. The number of hydrogen-bond acceptors (Lipinski definition) is 2. The molecule has 0 radical (unpaired) electrons.